The van der Waals surface area contributed by atoms with Crippen LogP contribution in [-0.4, -0.2) is 37.8 Å². The smallest absolute Gasteiger partial charge is 0.341 e. The number of amides is 1. The molecule has 35 heavy (non-hydrogen) atoms. The first kappa shape index (κ1) is 24.8. The molecule has 0 saturated carbocycles. The molecule has 0 unspecified atom stereocenters. The molecule has 0 aliphatic heterocycles. The number of esters is 1. The highest BCUT2D eigenvalue weighted by atomic mass is 32.1. The number of hydrogen-bond acceptors (Lipinski definition) is 7. The number of rotatable bonds is 6. The van der Waals surface area contributed by atoms with Crippen LogP contribution in [0.25, 0.3) is 5.95 Å². The van der Waals surface area contributed by atoms with Crippen LogP contribution in [0.2, 0.25) is 0 Å². The largest absolute Gasteiger partial charge is 0.462 e. The summed E-state index contributed by atoms with van der Waals surface area (Å²) >= 11 is 1.43. The Kier molecular flexibility index (Phi) is 7.20. The van der Waals surface area contributed by atoms with Crippen molar-refractivity contribution >= 4 is 28.2 Å². The Labute approximate surface area is 208 Å². The van der Waals surface area contributed by atoms with E-state index in [9.17, 15) is 14.4 Å². The van der Waals surface area contributed by atoms with E-state index >= 15 is 0 Å². The summed E-state index contributed by atoms with van der Waals surface area (Å²) in [6.45, 7) is 8.95. The number of carbonyl (C=O) groups excluding carboxylic acids is 2. The van der Waals surface area contributed by atoms with Gasteiger partial charge in [-0.1, -0.05) is 6.42 Å². The number of hydrogen-bond donors (Lipinski definition) is 1. The average molecular weight is 498 g/mol. The first-order valence-electron chi connectivity index (χ1n) is 11.9. The van der Waals surface area contributed by atoms with Crippen molar-refractivity contribution < 1.29 is 14.3 Å². The van der Waals surface area contributed by atoms with Gasteiger partial charge >= 0.3 is 5.97 Å². The lowest BCUT2D eigenvalue weighted by Gasteiger charge is -2.15. The molecule has 0 atom stereocenters. The molecular weight excluding hydrogens is 466 g/mol. The van der Waals surface area contributed by atoms with Gasteiger partial charge in [0.1, 0.15) is 11.5 Å². The summed E-state index contributed by atoms with van der Waals surface area (Å²) in [5.74, 6) is -0.552. The van der Waals surface area contributed by atoms with Crippen molar-refractivity contribution in [1.29, 1.82) is 0 Å². The van der Waals surface area contributed by atoms with Crippen molar-refractivity contribution in [1.82, 2.24) is 19.3 Å². The van der Waals surface area contributed by atoms with Crippen molar-refractivity contribution in [3.05, 3.63) is 55.1 Å². The van der Waals surface area contributed by atoms with Gasteiger partial charge in [-0.15, -0.1) is 11.3 Å². The van der Waals surface area contributed by atoms with Gasteiger partial charge in [0.25, 0.3) is 5.56 Å². The van der Waals surface area contributed by atoms with Crippen molar-refractivity contribution in [3.8, 4) is 5.95 Å². The number of fused-ring (bicyclic) bond motifs is 1. The van der Waals surface area contributed by atoms with Gasteiger partial charge in [-0.05, 0) is 71.9 Å². The van der Waals surface area contributed by atoms with E-state index < -0.39 is 11.9 Å². The molecular formula is C25H31N5O4S. The molecule has 0 spiro atoms. The molecule has 0 fully saturated rings. The molecule has 3 aromatic heterocycles. The molecule has 10 heteroatoms. The fourth-order valence-corrected chi connectivity index (χ4v) is 5.73. The van der Waals surface area contributed by atoms with Gasteiger partial charge in [0.2, 0.25) is 11.9 Å². The number of carbonyl (C=O) groups is 2. The van der Waals surface area contributed by atoms with Crippen LogP contribution in [0.4, 0.5) is 5.00 Å². The number of thiophene rings is 1. The predicted octanol–water partition coefficient (Wildman–Crippen LogP) is 3.81. The molecule has 9 nitrogen and oxygen atoms in total. The number of nitrogens with zero attached hydrogens (tertiary/aromatic N) is 4. The second-order valence-electron chi connectivity index (χ2n) is 8.89. The summed E-state index contributed by atoms with van der Waals surface area (Å²) in [5.41, 5.74) is 3.77. The van der Waals surface area contributed by atoms with Crippen LogP contribution in [0.3, 0.4) is 0 Å². The van der Waals surface area contributed by atoms with Crippen molar-refractivity contribution in [2.75, 3.05) is 11.9 Å². The zero-order valence-electron chi connectivity index (χ0n) is 20.9. The van der Waals surface area contributed by atoms with E-state index in [1.54, 1.807) is 25.5 Å². The maximum absolute atomic E-state index is 13.2. The molecule has 186 valence electrons. The number of aryl methyl sites for hydroxylation is 4. The van der Waals surface area contributed by atoms with Crippen LogP contribution in [0.15, 0.2) is 10.9 Å². The van der Waals surface area contributed by atoms with Gasteiger partial charge < -0.3 is 10.1 Å². The van der Waals surface area contributed by atoms with Gasteiger partial charge in [-0.25, -0.2) is 14.5 Å². The Hall–Kier alpha value is -3.27. The fourth-order valence-electron chi connectivity index (χ4n) is 4.44. The van der Waals surface area contributed by atoms with E-state index in [4.69, 9.17) is 4.74 Å². The van der Waals surface area contributed by atoms with Gasteiger partial charge in [-0.3, -0.25) is 14.2 Å². The Bertz CT molecular complexity index is 1350. The van der Waals surface area contributed by atoms with Crippen molar-refractivity contribution in [2.24, 2.45) is 0 Å². The second kappa shape index (κ2) is 10.2. The molecule has 3 heterocycles. The molecule has 0 bridgehead atoms. The van der Waals surface area contributed by atoms with Crippen LogP contribution >= 0.6 is 11.3 Å². The van der Waals surface area contributed by atoms with Crippen molar-refractivity contribution in [2.45, 2.75) is 73.3 Å². The Balaban J connectivity index is 1.71. The highest BCUT2D eigenvalue weighted by Crippen LogP contribution is 2.38. The third-order valence-electron chi connectivity index (χ3n) is 6.27. The summed E-state index contributed by atoms with van der Waals surface area (Å²) in [5, 5.41) is 7.84. The summed E-state index contributed by atoms with van der Waals surface area (Å²) in [6.07, 6.45) is 4.84. The van der Waals surface area contributed by atoms with Gasteiger partial charge in [-0.2, -0.15) is 5.10 Å². The second-order valence-corrected chi connectivity index (χ2v) is 9.99. The summed E-state index contributed by atoms with van der Waals surface area (Å²) in [6, 6.07) is 1.89. The highest BCUT2D eigenvalue weighted by molar-refractivity contribution is 7.17. The van der Waals surface area contributed by atoms with Crippen LogP contribution in [-0.2, 0) is 28.9 Å². The molecule has 0 aromatic carbocycles. The minimum Gasteiger partial charge on any atom is -0.462 e. The van der Waals surface area contributed by atoms with E-state index in [1.165, 1.54) is 15.9 Å². The lowest BCUT2D eigenvalue weighted by molar-refractivity contribution is -0.116. The SMILES string of the molecule is CCOC(=O)c1c(NC(=O)Cn2c(-n3nc(C)cc3C)nc(C)c(C)c2=O)sc2c1CCCCC2. The maximum atomic E-state index is 13.2. The van der Waals surface area contributed by atoms with Crippen molar-refractivity contribution in [3.63, 3.8) is 0 Å². The number of anilines is 1. The summed E-state index contributed by atoms with van der Waals surface area (Å²) < 4.78 is 8.22. The molecule has 1 aliphatic rings. The molecule has 1 aliphatic carbocycles. The first-order chi connectivity index (χ1) is 16.7. The van der Waals surface area contributed by atoms with Crippen LogP contribution < -0.4 is 10.9 Å². The van der Waals surface area contributed by atoms with Crippen LogP contribution in [0.5, 0.6) is 0 Å². The van der Waals surface area contributed by atoms with E-state index in [-0.39, 0.29) is 24.7 Å². The quantitative estimate of drug-likeness (QED) is 0.410. The topological polar surface area (TPSA) is 108 Å². The highest BCUT2D eigenvalue weighted by Gasteiger charge is 2.27. The van der Waals surface area contributed by atoms with Gasteiger partial charge in [0, 0.05) is 21.8 Å². The van der Waals surface area contributed by atoms with E-state index in [2.05, 4.69) is 15.4 Å². The van der Waals surface area contributed by atoms with Crippen LogP contribution in [0, 0.1) is 27.7 Å². The molecule has 1 amide bonds. The molecule has 1 N–H and O–H groups in total. The molecule has 0 radical (unpaired) electrons. The Morgan fingerprint density at radius 2 is 1.89 bits per heavy atom. The Morgan fingerprint density at radius 3 is 2.57 bits per heavy atom. The first-order valence-corrected chi connectivity index (χ1v) is 12.8. The summed E-state index contributed by atoms with van der Waals surface area (Å²) in [7, 11) is 0. The normalized spacial score (nSPS) is 13.3. The standard InChI is InChI=1S/C25H31N5O4S/c1-6-34-24(33)21-18-10-8-7-9-11-19(18)35-22(21)27-20(31)13-29-23(32)16(4)17(5)26-25(29)30-15(3)12-14(2)28-30/h12H,6-11,13H2,1-5H3,(H,27,31). The van der Waals surface area contributed by atoms with Gasteiger partial charge in [0.15, 0.2) is 0 Å². The number of nitrogens with one attached hydrogen (secondary N) is 1. The average Bonchev–Trinajstić information content (AvgIpc) is 3.22. The monoisotopic (exact) mass is 497 g/mol. The van der Waals surface area contributed by atoms with E-state index in [0.29, 0.717) is 21.8 Å². The lowest BCUT2D eigenvalue weighted by Crippen LogP contribution is -2.34. The summed E-state index contributed by atoms with van der Waals surface area (Å²) in [4.78, 5) is 44.9. The minimum atomic E-state index is -0.421. The van der Waals surface area contributed by atoms with Crippen LogP contribution in [0.1, 0.15) is 69.6 Å². The molecule has 0 saturated heterocycles. The third kappa shape index (κ3) is 4.93. The van der Waals surface area contributed by atoms with E-state index in [1.807, 2.05) is 19.9 Å². The fraction of sp³-hybridized carbons (Fsp3) is 0.480. The molecule has 3 aromatic rings. The minimum absolute atomic E-state index is 0.256. The Morgan fingerprint density at radius 1 is 1.14 bits per heavy atom. The zero-order valence-corrected chi connectivity index (χ0v) is 21.7. The maximum Gasteiger partial charge on any atom is 0.341 e. The number of ether oxygens (including phenoxy) is 1. The number of aromatic nitrogens is 4. The third-order valence-corrected chi connectivity index (χ3v) is 7.48. The van der Waals surface area contributed by atoms with E-state index in [0.717, 1.165) is 53.9 Å². The lowest BCUT2D eigenvalue weighted by atomic mass is 10.1. The predicted molar refractivity (Wildman–Crippen MR) is 135 cm³/mol. The molecule has 4 rings (SSSR count). The zero-order chi connectivity index (χ0) is 25.3. The van der Waals surface area contributed by atoms with Gasteiger partial charge in [0.05, 0.1) is 17.9 Å².